The van der Waals surface area contributed by atoms with Gasteiger partial charge in [-0.05, 0) is 13.3 Å². The molecule has 17 heavy (non-hydrogen) atoms. The van der Waals surface area contributed by atoms with E-state index in [0.717, 1.165) is 4.90 Å². The van der Waals surface area contributed by atoms with E-state index < -0.39 is 24.5 Å². The summed E-state index contributed by atoms with van der Waals surface area (Å²) in [6, 6.07) is 0. The molecule has 0 spiro atoms. The average molecular weight is 252 g/mol. The molecule has 1 unspecified atom stereocenters. The Hall–Kier alpha value is -1.27. The minimum atomic E-state index is -4.39. The van der Waals surface area contributed by atoms with E-state index in [2.05, 4.69) is 5.32 Å². The SMILES string of the molecule is CCN(CC(F)(F)F)C(=O)C1CCC(=O)NC1. The third kappa shape index (κ3) is 4.24. The van der Waals surface area contributed by atoms with Gasteiger partial charge in [-0.3, -0.25) is 9.59 Å². The first-order valence-electron chi connectivity index (χ1n) is 5.45. The predicted octanol–water partition coefficient (Wildman–Crippen LogP) is 0.923. The molecule has 0 aromatic heterocycles. The number of carbonyl (C=O) groups excluding carboxylic acids is 2. The monoisotopic (exact) mass is 252 g/mol. The number of alkyl halides is 3. The standard InChI is InChI=1S/C10H15F3N2O2/c1-2-15(6-10(11,12)13)9(17)7-3-4-8(16)14-5-7/h7H,2-6H2,1H3,(H,14,16). The van der Waals surface area contributed by atoms with E-state index in [4.69, 9.17) is 0 Å². The topological polar surface area (TPSA) is 49.4 Å². The zero-order valence-electron chi connectivity index (χ0n) is 9.51. The number of hydrogen-bond acceptors (Lipinski definition) is 2. The van der Waals surface area contributed by atoms with Crippen LogP contribution in [0.15, 0.2) is 0 Å². The van der Waals surface area contributed by atoms with Gasteiger partial charge >= 0.3 is 6.18 Å². The van der Waals surface area contributed by atoms with E-state index in [-0.39, 0.29) is 25.4 Å². The van der Waals surface area contributed by atoms with Gasteiger partial charge < -0.3 is 10.2 Å². The molecule has 0 aromatic rings. The minimum Gasteiger partial charge on any atom is -0.355 e. The van der Waals surface area contributed by atoms with Gasteiger partial charge in [0.2, 0.25) is 11.8 Å². The van der Waals surface area contributed by atoms with E-state index in [9.17, 15) is 22.8 Å². The summed E-state index contributed by atoms with van der Waals surface area (Å²) >= 11 is 0. The molecule has 4 nitrogen and oxygen atoms in total. The van der Waals surface area contributed by atoms with Gasteiger partial charge in [0, 0.05) is 19.5 Å². The Morgan fingerprint density at radius 1 is 1.53 bits per heavy atom. The molecule has 0 bridgehead atoms. The summed E-state index contributed by atoms with van der Waals surface area (Å²) in [7, 11) is 0. The minimum absolute atomic E-state index is 0.0167. The molecular formula is C10H15F3N2O2. The summed E-state index contributed by atoms with van der Waals surface area (Å²) in [5.41, 5.74) is 0. The smallest absolute Gasteiger partial charge is 0.355 e. The molecule has 2 amide bonds. The fourth-order valence-corrected chi connectivity index (χ4v) is 1.76. The first-order valence-corrected chi connectivity index (χ1v) is 5.45. The largest absolute Gasteiger partial charge is 0.406 e. The van der Waals surface area contributed by atoms with E-state index in [1.165, 1.54) is 6.92 Å². The lowest BCUT2D eigenvalue weighted by Crippen LogP contribution is -2.47. The number of amides is 2. The average Bonchev–Trinajstić information content (AvgIpc) is 2.25. The Morgan fingerprint density at radius 3 is 2.59 bits per heavy atom. The molecule has 1 aliphatic rings. The van der Waals surface area contributed by atoms with Crippen LogP contribution in [0.3, 0.4) is 0 Å². The molecule has 1 fully saturated rings. The van der Waals surface area contributed by atoms with Crippen molar-refractivity contribution in [3.63, 3.8) is 0 Å². The van der Waals surface area contributed by atoms with Gasteiger partial charge in [-0.25, -0.2) is 0 Å². The zero-order chi connectivity index (χ0) is 13.1. The lowest BCUT2D eigenvalue weighted by Gasteiger charge is -2.29. The van der Waals surface area contributed by atoms with Crippen molar-refractivity contribution in [1.82, 2.24) is 10.2 Å². The van der Waals surface area contributed by atoms with Crippen molar-refractivity contribution in [2.75, 3.05) is 19.6 Å². The van der Waals surface area contributed by atoms with Crippen molar-refractivity contribution < 1.29 is 22.8 Å². The number of carbonyl (C=O) groups is 2. The van der Waals surface area contributed by atoms with Crippen molar-refractivity contribution in [3.8, 4) is 0 Å². The highest BCUT2D eigenvalue weighted by Crippen LogP contribution is 2.20. The Kier molecular flexibility index (Phi) is 4.36. The Labute approximate surface area is 97.1 Å². The lowest BCUT2D eigenvalue weighted by molar-refractivity contribution is -0.164. The first kappa shape index (κ1) is 13.8. The number of halogens is 3. The quantitative estimate of drug-likeness (QED) is 0.812. The summed E-state index contributed by atoms with van der Waals surface area (Å²) in [5, 5.41) is 2.49. The van der Waals surface area contributed by atoms with Gasteiger partial charge in [0.25, 0.3) is 0 Å². The van der Waals surface area contributed by atoms with Crippen LogP contribution in [0.4, 0.5) is 13.2 Å². The fraction of sp³-hybridized carbons (Fsp3) is 0.800. The molecule has 1 aliphatic heterocycles. The van der Waals surface area contributed by atoms with Crippen molar-refractivity contribution in [1.29, 1.82) is 0 Å². The maximum atomic E-state index is 12.2. The Bertz CT molecular complexity index is 294. The number of nitrogens with zero attached hydrogens (tertiary/aromatic N) is 1. The molecule has 1 saturated heterocycles. The molecule has 98 valence electrons. The van der Waals surface area contributed by atoms with E-state index in [0.29, 0.717) is 6.42 Å². The van der Waals surface area contributed by atoms with E-state index in [1.807, 2.05) is 0 Å². The predicted molar refractivity (Wildman–Crippen MR) is 54.0 cm³/mol. The van der Waals surface area contributed by atoms with Crippen LogP contribution in [-0.4, -0.2) is 42.5 Å². The van der Waals surface area contributed by atoms with Crippen LogP contribution in [0.1, 0.15) is 19.8 Å². The maximum Gasteiger partial charge on any atom is 0.406 e. The summed E-state index contributed by atoms with van der Waals surface area (Å²) in [6.07, 6.45) is -3.87. The highest BCUT2D eigenvalue weighted by Gasteiger charge is 2.35. The molecule has 0 saturated carbocycles. The molecule has 0 aliphatic carbocycles. The molecular weight excluding hydrogens is 237 g/mol. The normalized spacial score (nSPS) is 20.9. The lowest BCUT2D eigenvalue weighted by atomic mass is 9.97. The van der Waals surface area contributed by atoms with Crippen LogP contribution in [0.2, 0.25) is 0 Å². The van der Waals surface area contributed by atoms with Crippen molar-refractivity contribution in [2.24, 2.45) is 5.92 Å². The molecule has 1 rings (SSSR count). The number of rotatable bonds is 3. The summed E-state index contributed by atoms with van der Waals surface area (Å²) < 4.78 is 36.7. The highest BCUT2D eigenvalue weighted by molar-refractivity contribution is 5.83. The zero-order valence-corrected chi connectivity index (χ0v) is 9.51. The first-order chi connectivity index (χ1) is 7.83. The summed E-state index contributed by atoms with van der Waals surface area (Å²) in [5.74, 6) is -1.23. The third-order valence-electron chi connectivity index (χ3n) is 2.68. The summed E-state index contributed by atoms with van der Waals surface area (Å²) in [4.78, 5) is 23.5. The molecule has 1 heterocycles. The van der Waals surface area contributed by atoms with Gasteiger partial charge in [0.1, 0.15) is 6.54 Å². The molecule has 1 N–H and O–H groups in total. The second-order valence-corrected chi connectivity index (χ2v) is 4.01. The van der Waals surface area contributed by atoms with Crippen LogP contribution in [0.5, 0.6) is 0 Å². The highest BCUT2D eigenvalue weighted by atomic mass is 19.4. The van der Waals surface area contributed by atoms with Gasteiger partial charge in [-0.15, -0.1) is 0 Å². The van der Waals surface area contributed by atoms with Crippen LogP contribution >= 0.6 is 0 Å². The van der Waals surface area contributed by atoms with Gasteiger partial charge in [-0.1, -0.05) is 0 Å². The van der Waals surface area contributed by atoms with Gasteiger partial charge in [-0.2, -0.15) is 13.2 Å². The van der Waals surface area contributed by atoms with Gasteiger partial charge in [0.05, 0.1) is 5.92 Å². The number of hydrogen-bond donors (Lipinski definition) is 1. The maximum absolute atomic E-state index is 12.2. The number of nitrogens with one attached hydrogen (secondary N) is 1. The van der Waals surface area contributed by atoms with E-state index >= 15 is 0 Å². The molecule has 0 radical (unpaired) electrons. The Balaban J connectivity index is 2.57. The van der Waals surface area contributed by atoms with Crippen molar-refractivity contribution in [2.45, 2.75) is 25.9 Å². The van der Waals surface area contributed by atoms with Crippen molar-refractivity contribution in [3.05, 3.63) is 0 Å². The van der Waals surface area contributed by atoms with E-state index in [1.54, 1.807) is 0 Å². The van der Waals surface area contributed by atoms with Crippen molar-refractivity contribution >= 4 is 11.8 Å². The molecule has 1 atom stereocenters. The second-order valence-electron chi connectivity index (χ2n) is 4.01. The van der Waals surface area contributed by atoms with Crippen LogP contribution in [0, 0.1) is 5.92 Å². The van der Waals surface area contributed by atoms with Crippen LogP contribution in [0.25, 0.3) is 0 Å². The molecule has 0 aromatic carbocycles. The number of piperidine rings is 1. The third-order valence-corrected chi connectivity index (χ3v) is 2.68. The van der Waals surface area contributed by atoms with Gasteiger partial charge in [0.15, 0.2) is 0 Å². The summed E-state index contributed by atoms with van der Waals surface area (Å²) in [6.45, 7) is 0.423. The second kappa shape index (κ2) is 5.37. The molecule has 7 heteroatoms. The fourth-order valence-electron chi connectivity index (χ4n) is 1.76. The Morgan fingerprint density at radius 2 is 2.18 bits per heavy atom. The van der Waals surface area contributed by atoms with Crippen LogP contribution in [-0.2, 0) is 9.59 Å². The van der Waals surface area contributed by atoms with Crippen LogP contribution < -0.4 is 5.32 Å².